The first-order valence-corrected chi connectivity index (χ1v) is 8.26. The van der Waals surface area contributed by atoms with Gasteiger partial charge in [0.25, 0.3) is 0 Å². The van der Waals surface area contributed by atoms with Gasteiger partial charge in [0.15, 0.2) is 0 Å². The highest BCUT2D eigenvalue weighted by atomic mass is 19.1. The Labute approximate surface area is 134 Å². The van der Waals surface area contributed by atoms with E-state index in [9.17, 15) is 9.18 Å². The summed E-state index contributed by atoms with van der Waals surface area (Å²) in [4.78, 5) is 13.9. The minimum absolute atomic E-state index is 0.0576. The molecule has 0 aromatic carbocycles. The minimum atomic E-state index is -0.318. The van der Waals surface area contributed by atoms with Crippen LogP contribution in [0.15, 0.2) is 24.2 Å². The summed E-state index contributed by atoms with van der Waals surface area (Å²) in [5.41, 5.74) is 0.587. The third kappa shape index (κ3) is 7.07. The first kappa shape index (κ1) is 20.6. The SMILES string of the molecule is C=C/C(F)=C(\CNC(CCC)C(=O)NC)N(CCC)CCC. The zero-order valence-corrected chi connectivity index (χ0v) is 14.5. The van der Waals surface area contributed by atoms with Gasteiger partial charge in [-0.05, 0) is 25.3 Å². The van der Waals surface area contributed by atoms with Crippen LogP contribution in [-0.2, 0) is 4.79 Å². The van der Waals surface area contributed by atoms with E-state index >= 15 is 0 Å². The third-order valence-corrected chi connectivity index (χ3v) is 3.48. The number of halogens is 1. The quantitative estimate of drug-likeness (QED) is 0.544. The van der Waals surface area contributed by atoms with Crippen molar-refractivity contribution in [3.05, 3.63) is 24.2 Å². The van der Waals surface area contributed by atoms with Crippen LogP contribution in [0.25, 0.3) is 0 Å². The van der Waals surface area contributed by atoms with Crippen molar-refractivity contribution >= 4 is 5.91 Å². The maximum Gasteiger partial charge on any atom is 0.236 e. The van der Waals surface area contributed by atoms with Crippen LogP contribution in [0.1, 0.15) is 46.5 Å². The zero-order chi connectivity index (χ0) is 17.0. The molecule has 0 fully saturated rings. The minimum Gasteiger partial charge on any atom is -0.371 e. The summed E-state index contributed by atoms with van der Waals surface area (Å²) < 4.78 is 14.2. The topological polar surface area (TPSA) is 44.4 Å². The number of nitrogens with one attached hydrogen (secondary N) is 2. The summed E-state index contributed by atoms with van der Waals surface area (Å²) in [5.74, 6) is -0.376. The molecule has 22 heavy (non-hydrogen) atoms. The van der Waals surface area contributed by atoms with Gasteiger partial charge in [0, 0.05) is 26.7 Å². The Morgan fingerprint density at radius 2 is 1.82 bits per heavy atom. The maximum atomic E-state index is 14.2. The number of likely N-dealkylation sites (N-methyl/N-ethyl adjacent to an activating group) is 1. The van der Waals surface area contributed by atoms with Gasteiger partial charge in [0.2, 0.25) is 5.91 Å². The molecule has 2 N–H and O–H groups in total. The number of rotatable bonds is 12. The molecule has 0 aliphatic carbocycles. The highest BCUT2D eigenvalue weighted by Gasteiger charge is 2.19. The van der Waals surface area contributed by atoms with E-state index in [4.69, 9.17) is 0 Å². The Morgan fingerprint density at radius 1 is 1.23 bits per heavy atom. The monoisotopic (exact) mass is 313 g/mol. The molecule has 0 radical (unpaired) electrons. The van der Waals surface area contributed by atoms with Crippen LogP contribution in [0, 0.1) is 0 Å². The van der Waals surface area contributed by atoms with Crippen molar-refractivity contribution in [3.63, 3.8) is 0 Å². The number of allylic oxidation sites excluding steroid dienone is 2. The van der Waals surface area contributed by atoms with Crippen molar-refractivity contribution in [2.24, 2.45) is 0 Å². The fraction of sp³-hybridized carbons (Fsp3) is 0.706. The molecule has 1 amide bonds. The van der Waals surface area contributed by atoms with Crippen LogP contribution in [0.5, 0.6) is 0 Å². The first-order valence-electron chi connectivity index (χ1n) is 8.26. The molecule has 0 aromatic heterocycles. The summed E-state index contributed by atoms with van der Waals surface area (Å²) in [6.45, 7) is 11.6. The fourth-order valence-corrected chi connectivity index (χ4v) is 2.40. The van der Waals surface area contributed by atoms with Gasteiger partial charge in [0.1, 0.15) is 5.83 Å². The van der Waals surface area contributed by atoms with Gasteiger partial charge in [-0.3, -0.25) is 4.79 Å². The number of carbonyl (C=O) groups excluding carboxylic acids is 1. The van der Waals surface area contributed by atoms with Gasteiger partial charge in [-0.2, -0.15) is 0 Å². The van der Waals surface area contributed by atoms with Crippen LogP contribution in [0.4, 0.5) is 4.39 Å². The summed E-state index contributed by atoms with van der Waals surface area (Å²) >= 11 is 0. The van der Waals surface area contributed by atoms with Crippen LogP contribution in [-0.4, -0.2) is 43.5 Å². The first-order chi connectivity index (χ1) is 10.5. The molecular weight excluding hydrogens is 281 g/mol. The van der Waals surface area contributed by atoms with Crippen molar-refractivity contribution in [1.82, 2.24) is 15.5 Å². The molecule has 5 heteroatoms. The molecule has 0 saturated heterocycles. The lowest BCUT2D eigenvalue weighted by Gasteiger charge is -2.28. The number of hydrogen-bond donors (Lipinski definition) is 2. The summed E-state index contributed by atoms with van der Waals surface area (Å²) in [6, 6.07) is -0.298. The molecule has 0 rings (SSSR count). The lowest BCUT2D eigenvalue weighted by atomic mass is 10.1. The third-order valence-electron chi connectivity index (χ3n) is 3.48. The lowest BCUT2D eigenvalue weighted by molar-refractivity contribution is -0.122. The molecule has 0 aliphatic rings. The Bertz CT molecular complexity index is 363. The van der Waals surface area contributed by atoms with Crippen molar-refractivity contribution in [3.8, 4) is 0 Å². The van der Waals surface area contributed by atoms with Crippen LogP contribution in [0.2, 0.25) is 0 Å². The summed E-state index contributed by atoms with van der Waals surface area (Å²) in [5, 5.41) is 5.84. The molecule has 0 spiro atoms. The van der Waals surface area contributed by atoms with E-state index in [1.54, 1.807) is 7.05 Å². The number of amides is 1. The zero-order valence-electron chi connectivity index (χ0n) is 14.5. The second-order valence-electron chi connectivity index (χ2n) is 5.32. The van der Waals surface area contributed by atoms with E-state index in [0.29, 0.717) is 12.2 Å². The van der Waals surface area contributed by atoms with E-state index in [1.165, 1.54) is 6.08 Å². The van der Waals surface area contributed by atoms with Crippen molar-refractivity contribution in [2.45, 2.75) is 52.5 Å². The smallest absolute Gasteiger partial charge is 0.236 e. The van der Waals surface area contributed by atoms with E-state index in [0.717, 1.165) is 38.8 Å². The number of hydrogen-bond acceptors (Lipinski definition) is 3. The summed E-state index contributed by atoms with van der Waals surface area (Å²) in [6.07, 6.45) is 4.75. The second kappa shape index (κ2) is 12.2. The molecule has 1 atom stereocenters. The van der Waals surface area contributed by atoms with Gasteiger partial charge >= 0.3 is 0 Å². The van der Waals surface area contributed by atoms with Crippen LogP contribution in [0.3, 0.4) is 0 Å². The van der Waals surface area contributed by atoms with Crippen LogP contribution < -0.4 is 10.6 Å². The van der Waals surface area contributed by atoms with Crippen molar-refractivity contribution in [1.29, 1.82) is 0 Å². The Hall–Kier alpha value is -1.36. The molecule has 4 nitrogen and oxygen atoms in total. The summed E-state index contributed by atoms with van der Waals surface area (Å²) in [7, 11) is 1.62. The molecule has 0 saturated carbocycles. The lowest BCUT2D eigenvalue weighted by Crippen LogP contribution is -2.45. The average molecular weight is 313 g/mol. The Kier molecular flexibility index (Phi) is 11.5. The van der Waals surface area contributed by atoms with Gasteiger partial charge in [0.05, 0.1) is 11.7 Å². The molecule has 0 heterocycles. The van der Waals surface area contributed by atoms with Crippen molar-refractivity contribution in [2.75, 3.05) is 26.7 Å². The molecule has 0 aliphatic heterocycles. The van der Waals surface area contributed by atoms with E-state index in [2.05, 4.69) is 31.1 Å². The van der Waals surface area contributed by atoms with Gasteiger partial charge in [-0.15, -0.1) is 0 Å². The second-order valence-corrected chi connectivity index (χ2v) is 5.32. The van der Waals surface area contributed by atoms with Gasteiger partial charge in [-0.1, -0.05) is 33.8 Å². The maximum absolute atomic E-state index is 14.2. The molecule has 128 valence electrons. The number of carbonyl (C=O) groups is 1. The standard InChI is InChI=1S/C17H32FN3O/c1-6-10-15(17(22)19-5)20-13-16(14(18)9-4)21(11-7-2)12-8-3/h9,15,20H,4,6-8,10-13H2,1-3,5H3,(H,19,22)/b16-14-. The average Bonchev–Trinajstić information content (AvgIpc) is 2.53. The van der Waals surface area contributed by atoms with E-state index in [-0.39, 0.29) is 17.8 Å². The van der Waals surface area contributed by atoms with Gasteiger partial charge < -0.3 is 15.5 Å². The highest BCUT2D eigenvalue weighted by molar-refractivity contribution is 5.81. The molecule has 1 unspecified atom stereocenters. The van der Waals surface area contributed by atoms with Gasteiger partial charge in [-0.25, -0.2) is 4.39 Å². The molecule has 0 bridgehead atoms. The molecular formula is C17H32FN3O. The predicted octanol–water partition coefficient (Wildman–Crippen LogP) is 2.98. The van der Waals surface area contributed by atoms with Crippen LogP contribution >= 0.6 is 0 Å². The molecule has 0 aromatic rings. The Balaban J connectivity index is 5.06. The van der Waals surface area contributed by atoms with E-state index < -0.39 is 0 Å². The fourth-order valence-electron chi connectivity index (χ4n) is 2.40. The number of nitrogens with zero attached hydrogens (tertiary/aromatic N) is 1. The Morgan fingerprint density at radius 3 is 2.23 bits per heavy atom. The normalized spacial score (nSPS) is 13.3. The highest BCUT2D eigenvalue weighted by Crippen LogP contribution is 2.14. The van der Waals surface area contributed by atoms with Crippen molar-refractivity contribution < 1.29 is 9.18 Å². The largest absolute Gasteiger partial charge is 0.371 e. The predicted molar refractivity (Wildman–Crippen MR) is 91.3 cm³/mol. The van der Waals surface area contributed by atoms with E-state index in [1.807, 2.05) is 11.8 Å².